The van der Waals surface area contributed by atoms with Gasteiger partial charge in [-0.15, -0.1) is 0 Å². The third-order valence-corrected chi connectivity index (χ3v) is 5.34. The van der Waals surface area contributed by atoms with E-state index in [0.29, 0.717) is 25.1 Å². The molecule has 0 aromatic heterocycles. The zero-order valence-corrected chi connectivity index (χ0v) is 18.1. The van der Waals surface area contributed by atoms with Crippen LogP contribution in [0.5, 0.6) is 0 Å². The van der Waals surface area contributed by atoms with E-state index in [-0.39, 0.29) is 18.2 Å². The maximum absolute atomic E-state index is 12.8. The van der Waals surface area contributed by atoms with Crippen LogP contribution in [0.25, 0.3) is 0 Å². The third-order valence-electron chi connectivity index (χ3n) is 5.34. The zero-order chi connectivity index (χ0) is 22.4. The third kappa shape index (κ3) is 5.40. The van der Waals surface area contributed by atoms with Crippen LogP contribution in [0.1, 0.15) is 49.0 Å². The summed E-state index contributed by atoms with van der Waals surface area (Å²) in [5.41, 5.74) is 4.43. The number of imide groups is 1. The van der Waals surface area contributed by atoms with Gasteiger partial charge in [0.15, 0.2) is 0 Å². The first-order chi connectivity index (χ1) is 14.9. The number of hydrogen-bond donors (Lipinski definition) is 2. The molecule has 3 rings (SSSR count). The van der Waals surface area contributed by atoms with Crippen LogP contribution in [-0.4, -0.2) is 35.2 Å². The lowest BCUT2D eigenvalue weighted by molar-refractivity contribution is -0.136. The number of amides is 3. The Hall–Kier alpha value is -3.41. The smallest absolute Gasteiger partial charge is 0.255 e. The van der Waals surface area contributed by atoms with Gasteiger partial charge in [0.1, 0.15) is 6.04 Å². The zero-order valence-electron chi connectivity index (χ0n) is 18.1. The number of carbonyl (C=O) groups is 3. The minimum Gasteiger partial charge on any atom is -0.381 e. The average Bonchev–Trinajstić information content (AvgIpc) is 3.06. The Morgan fingerprint density at radius 2 is 2.10 bits per heavy atom. The van der Waals surface area contributed by atoms with Gasteiger partial charge in [-0.05, 0) is 54.7 Å². The monoisotopic (exact) mass is 419 g/mol. The predicted octanol–water partition coefficient (Wildman–Crippen LogP) is 3.88. The van der Waals surface area contributed by atoms with Gasteiger partial charge in [-0.2, -0.15) is 0 Å². The van der Waals surface area contributed by atoms with Crippen molar-refractivity contribution < 1.29 is 14.4 Å². The Labute approximate surface area is 183 Å². The number of nitrogens with zero attached hydrogens (tertiary/aromatic N) is 1. The summed E-state index contributed by atoms with van der Waals surface area (Å²) in [4.78, 5) is 38.0. The molecule has 6 nitrogen and oxygen atoms in total. The largest absolute Gasteiger partial charge is 0.381 e. The Balaban J connectivity index is 1.71. The molecule has 3 amide bonds. The normalized spacial score (nSPS) is 19.3. The molecule has 2 N–H and O–H groups in total. The van der Waals surface area contributed by atoms with Gasteiger partial charge in [0.2, 0.25) is 11.8 Å². The van der Waals surface area contributed by atoms with E-state index in [0.717, 1.165) is 28.8 Å². The fraction of sp³-hybridized carbons (Fsp3) is 0.320. The molecule has 2 heterocycles. The van der Waals surface area contributed by atoms with Gasteiger partial charge in [0, 0.05) is 30.8 Å². The molecule has 0 saturated carbocycles. The lowest BCUT2D eigenvalue weighted by atomic mass is 10.0. The summed E-state index contributed by atoms with van der Waals surface area (Å²) in [7, 11) is 0. The summed E-state index contributed by atoms with van der Waals surface area (Å²) < 4.78 is 0. The van der Waals surface area contributed by atoms with Crippen LogP contribution in [0, 0.1) is 0 Å². The van der Waals surface area contributed by atoms with Gasteiger partial charge < -0.3 is 10.2 Å². The highest BCUT2D eigenvalue weighted by Crippen LogP contribution is 2.29. The van der Waals surface area contributed by atoms with E-state index in [9.17, 15) is 14.4 Å². The van der Waals surface area contributed by atoms with E-state index in [1.54, 1.807) is 11.0 Å². The second kappa shape index (κ2) is 10.1. The minimum atomic E-state index is -0.597. The number of fused-ring (bicyclic) bond motifs is 1. The fourth-order valence-electron chi connectivity index (χ4n) is 3.82. The molecule has 1 fully saturated rings. The van der Waals surface area contributed by atoms with E-state index >= 15 is 0 Å². The molecule has 0 aliphatic carbocycles. The van der Waals surface area contributed by atoms with E-state index in [4.69, 9.17) is 0 Å². The molecule has 2 aliphatic heterocycles. The maximum atomic E-state index is 12.8. The predicted molar refractivity (Wildman–Crippen MR) is 122 cm³/mol. The molecule has 1 saturated heterocycles. The SMILES string of the molecule is C=C(/C=C\C)/C=C(\C=C/CC)CNc1ccc2c(c1)CN(C1CCC(=O)NC1=O)C2=O. The fourth-order valence-corrected chi connectivity index (χ4v) is 3.82. The Bertz CT molecular complexity index is 988. The Kier molecular flexibility index (Phi) is 7.23. The molecule has 1 aromatic rings. The molecule has 0 spiro atoms. The molecule has 6 heteroatoms. The summed E-state index contributed by atoms with van der Waals surface area (Å²) in [6.07, 6.45) is 11.7. The van der Waals surface area contributed by atoms with Gasteiger partial charge in [0.25, 0.3) is 5.91 Å². The molecule has 1 atom stereocenters. The second-order valence-corrected chi connectivity index (χ2v) is 7.73. The Morgan fingerprint density at radius 3 is 2.81 bits per heavy atom. The van der Waals surface area contributed by atoms with Crippen molar-refractivity contribution in [2.45, 2.75) is 45.7 Å². The van der Waals surface area contributed by atoms with Gasteiger partial charge >= 0.3 is 0 Å². The molecule has 162 valence electrons. The number of anilines is 1. The van der Waals surface area contributed by atoms with E-state index in [1.165, 1.54) is 0 Å². The lowest BCUT2D eigenvalue weighted by Gasteiger charge is -2.29. The molecule has 2 aliphatic rings. The van der Waals surface area contributed by atoms with Crippen molar-refractivity contribution in [2.24, 2.45) is 0 Å². The minimum absolute atomic E-state index is 0.162. The topological polar surface area (TPSA) is 78.5 Å². The standard InChI is InChI=1S/C25H29N3O3/c1-4-6-8-18(13-17(3)7-5-2)15-26-20-9-10-21-19(14-20)16-28(25(21)31)22-11-12-23(29)27-24(22)30/h5-10,13-14,22,26H,3-4,11-12,15-16H2,1-2H3,(H,27,29,30)/b7-5-,8-6-,18-13+. The summed E-state index contributed by atoms with van der Waals surface area (Å²) in [5, 5.41) is 5.75. The lowest BCUT2D eigenvalue weighted by Crippen LogP contribution is -2.52. The summed E-state index contributed by atoms with van der Waals surface area (Å²) in [6.45, 7) is 9.09. The summed E-state index contributed by atoms with van der Waals surface area (Å²) in [5.74, 6) is -0.838. The molecule has 1 unspecified atom stereocenters. The molecular weight excluding hydrogens is 390 g/mol. The maximum Gasteiger partial charge on any atom is 0.255 e. The molecule has 0 bridgehead atoms. The molecule has 1 aromatic carbocycles. The second-order valence-electron chi connectivity index (χ2n) is 7.73. The van der Waals surface area contributed by atoms with Crippen molar-refractivity contribution in [1.82, 2.24) is 10.2 Å². The molecular formula is C25H29N3O3. The molecule has 31 heavy (non-hydrogen) atoms. The van der Waals surface area contributed by atoms with Crippen molar-refractivity contribution in [3.63, 3.8) is 0 Å². The van der Waals surface area contributed by atoms with Gasteiger partial charge in [-0.3, -0.25) is 19.7 Å². The van der Waals surface area contributed by atoms with Crippen LogP contribution in [0.3, 0.4) is 0 Å². The Morgan fingerprint density at radius 1 is 1.29 bits per heavy atom. The van der Waals surface area contributed by atoms with Crippen molar-refractivity contribution in [3.05, 3.63) is 77.4 Å². The average molecular weight is 420 g/mol. The first kappa shape index (κ1) is 22.3. The van der Waals surface area contributed by atoms with E-state index < -0.39 is 11.9 Å². The van der Waals surface area contributed by atoms with Gasteiger partial charge in [0.05, 0.1) is 0 Å². The number of piperidine rings is 1. The number of benzene rings is 1. The molecule has 0 radical (unpaired) electrons. The van der Waals surface area contributed by atoms with Gasteiger partial charge in [-0.25, -0.2) is 0 Å². The summed E-state index contributed by atoms with van der Waals surface area (Å²) >= 11 is 0. The van der Waals surface area contributed by atoms with Crippen LogP contribution >= 0.6 is 0 Å². The highest BCUT2D eigenvalue weighted by atomic mass is 16.2. The van der Waals surface area contributed by atoms with Crippen molar-refractivity contribution in [1.29, 1.82) is 0 Å². The number of allylic oxidation sites excluding steroid dienone is 5. The van der Waals surface area contributed by atoms with Gasteiger partial charge in [-0.1, -0.05) is 43.9 Å². The number of nitrogens with one attached hydrogen (secondary N) is 2. The number of carbonyl (C=O) groups excluding carboxylic acids is 3. The van der Waals surface area contributed by atoms with Crippen LogP contribution in [0.2, 0.25) is 0 Å². The van der Waals surface area contributed by atoms with Crippen molar-refractivity contribution in [2.75, 3.05) is 11.9 Å². The summed E-state index contributed by atoms with van der Waals surface area (Å²) in [6, 6.07) is 5.05. The van der Waals surface area contributed by atoms with Crippen molar-refractivity contribution >= 4 is 23.4 Å². The van der Waals surface area contributed by atoms with E-state index in [1.807, 2.05) is 37.3 Å². The quantitative estimate of drug-likeness (QED) is 0.495. The first-order valence-electron chi connectivity index (χ1n) is 10.6. The first-order valence-corrected chi connectivity index (χ1v) is 10.6. The number of rotatable bonds is 8. The van der Waals surface area contributed by atoms with E-state index in [2.05, 4.69) is 36.3 Å². The van der Waals surface area contributed by atoms with Crippen LogP contribution in [0.4, 0.5) is 5.69 Å². The number of hydrogen-bond acceptors (Lipinski definition) is 4. The van der Waals surface area contributed by atoms with Crippen molar-refractivity contribution in [3.8, 4) is 0 Å². The van der Waals surface area contributed by atoms with Crippen LogP contribution in [-0.2, 0) is 16.1 Å². The highest BCUT2D eigenvalue weighted by Gasteiger charge is 2.39. The van der Waals surface area contributed by atoms with Crippen LogP contribution in [0.15, 0.2) is 66.3 Å². The van der Waals surface area contributed by atoms with Crippen LogP contribution < -0.4 is 10.6 Å². The highest BCUT2D eigenvalue weighted by molar-refractivity contribution is 6.05.